The maximum absolute atomic E-state index is 12.8. The SMILES string of the molecule is CCCCOc1ccc(-c2ccc3c(c2)CCC(C)(C)[C@H]3N(C(=O)O)[C@@H]2CN3CCC2CC3)cc1. The van der Waals surface area contributed by atoms with Gasteiger partial charge in [0.2, 0.25) is 0 Å². The zero-order valence-electron chi connectivity index (χ0n) is 21.5. The highest BCUT2D eigenvalue weighted by atomic mass is 16.5. The van der Waals surface area contributed by atoms with Gasteiger partial charge in [-0.2, -0.15) is 0 Å². The number of aryl methyl sites for hydroxylation is 1. The van der Waals surface area contributed by atoms with Crippen LogP contribution in [0.25, 0.3) is 11.1 Å². The molecule has 1 N–H and O–H groups in total. The summed E-state index contributed by atoms with van der Waals surface area (Å²) in [4.78, 5) is 17.1. The van der Waals surface area contributed by atoms with E-state index >= 15 is 0 Å². The van der Waals surface area contributed by atoms with E-state index in [9.17, 15) is 9.90 Å². The Balaban J connectivity index is 1.44. The maximum atomic E-state index is 12.8. The quantitative estimate of drug-likeness (QED) is 0.456. The predicted molar refractivity (Wildman–Crippen MR) is 140 cm³/mol. The minimum Gasteiger partial charge on any atom is -0.494 e. The summed E-state index contributed by atoms with van der Waals surface area (Å²) in [5.74, 6) is 1.39. The topological polar surface area (TPSA) is 53.0 Å². The molecule has 1 amide bonds. The predicted octanol–water partition coefficient (Wildman–Crippen LogP) is 6.62. The number of benzene rings is 2. The highest BCUT2D eigenvalue weighted by Crippen LogP contribution is 2.50. The molecule has 2 atom stereocenters. The number of hydrogen-bond acceptors (Lipinski definition) is 3. The number of nitrogens with zero attached hydrogens (tertiary/aromatic N) is 2. The van der Waals surface area contributed by atoms with Crippen molar-refractivity contribution in [1.82, 2.24) is 9.80 Å². The van der Waals surface area contributed by atoms with Crippen LogP contribution in [0.3, 0.4) is 0 Å². The van der Waals surface area contributed by atoms with Crippen molar-refractivity contribution >= 4 is 6.09 Å². The van der Waals surface area contributed by atoms with Crippen molar-refractivity contribution < 1.29 is 14.6 Å². The summed E-state index contributed by atoms with van der Waals surface area (Å²) in [6, 6.07) is 15.0. The van der Waals surface area contributed by atoms with Gasteiger partial charge in [-0.1, -0.05) is 57.5 Å². The molecule has 3 saturated heterocycles. The smallest absolute Gasteiger partial charge is 0.408 e. The molecule has 0 aromatic heterocycles. The van der Waals surface area contributed by atoms with E-state index in [-0.39, 0.29) is 17.5 Å². The minimum atomic E-state index is -0.766. The summed E-state index contributed by atoms with van der Waals surface area (Å²) >= 11 is 0. The van der Waals surface area contributed by atoms with Gasteiger partial charge in [0.05, 0.1) is 18.7 Å². The lowest BCUT2D eigenvalue weighted by Crippen LogP contribution is -2.61. The van der Waals surface area contributed by atoms with Gasteiger partial charge in [0.1, 0.15) is 5.75 Å². The second kappa shape index (κ2) is 9.85. The molecule has 2 aromatic carbocycles. The van der Waals surface area contributed by atoms with Gasteiger partial charge < -0.3 is 14.7 Å². The lowest BCUT2D eigenvalue weighted by atomic mass is 9.68. The fraction of sp³-hybridized carbons (Fsp3) is 0.567. The Morgan fingerprint density at radius 1 is 1.11 bits per heavy atom. The number of unbranched alkanes of at least 4 members (excludes halogenated alkanes) is 1. The largest absolute Gasteiger partial charge is 0.494 e. The molecule has 2 bridgehead atoms. The van der Waals surface area contributed by atoms with Crippen molar-refractivity contribution in [3.63, 3.8) is 0 Å². The fourth-order valence-electron chi connectivity index (χ4n) is 6.58. The van der Waals surface area contributed by atoms with Crippen LogP contribution in [0.2, 0.25) is 0 Å². The standard InChI is InChI=1S/C30H40N2O3/c1-4-5-18-35-25-9-6-21(7-10-25)23-8-11-26-24(19-23)12-15-30(2,3)28(26)32(29(33)34)27-20-31-16-13-22(27)14-17-31/h6-11,19,22,27-28H,4-5,12-18,20H2,1-3H3,(H,33,34)/t27-,28+/m1/s1. The zero-order valence-corrected chi connectivity index (χ0v) is 21.5. The molecule has 0 saturated carbocycles. The third-order valence-corrected chi connectivity index (χ3v) is 8.65. The Bertz CT molecular complexity index is 1040. The molecule has 5 nitrogen and oxygen atoms in total. The van der Waals surface area contributed by atoms with Crippen molar-refractivity contribution in [1.29, 1.82) is 0 Å². The average Bonchev–Trinajstić information content (AvgIpc) is 2.86. The summed E-state index contributed by atoms with van der Waals surface area (Å²) in [5.41, 5.74) is 4.75. The molecule has 5 heteroatoms. The molecule has 188 valence electrons. The molecule has 0 spiro atoms. The first-order valence-corrected chi connectivity index (χ1v) is 13.5. The van der Waals surface area contributed by atoms with Gasteiger partial charge in [0.25, 0.3) is 0 Å². The normalized spacial score (nSPS) is 26.7. The third kappa shape index (κ3) is 4.80. The van der Waals surface area contributed by atoms with Gasteiger partial charge >= 0.3 is 6.09 Å². The highest BCUT2D eigenvalue weighted by molar-refractivity contribution is 5.69. The second-order valence-corrected chi connectivity index (χ2v) is 11.4. The van der Waals surface area contributed by atoms with Crippen LogP contribution in [0.5, 0.6) is 5.75 Å². The van der Waals surface area contributed by atoms with Crippen LogP contribution in [0, 0.1) is 11.3 Å². The van der Waals surface area contributed by atoms with E-state index in [1.165, 1.54) is 22.3 Å². The Morgan fingerprint density at radius 2 is 1.83 bits per heavy atom. The number of ether oxygens (including phenoxy) is 1. The Hall–Kier alpha value is -2.53. The summed E-state index contributed by atoms with van der Waals surface area (Å²) in [5, 5.41) is 10.5. The first-order valence-electron chi connectivity index (χ1n) is 13.5. The molecule has 2 aromatic rings. The first kappa shape index (κ1) is 24.2. The maximum Gasteiger partial charge on any atom is 0.408 e. The van der Waals surface area contributed by atoms with Crippen LogP contribution < -0.4 is 4.74 Å². The van der Waals surface area contributed by atoms with Crippen LogP contribution >= 0.6 is 0 Å². The van der Waals surface area contributed by atoms with Crippen LogP contribution in [0.1, 0.15) is 70.0 Å². The van der Waals surface area contributed by atoms with E-state index in [2.05, 4.69) is 68.1 Å². The van der Waals surface area contributed by atoms with Gasteiger partial charge in [-0.3, -0.25) is 4.90 Å². The van der Waals surface area contributed by atoms with Crippen LogP contribution in [0.4, 0.5) is 4.79 Å². The Morgan fingerprint density at radius 3 is 2.46 bits per heavy atom. The molecule has 1 aliphatic carbocycles. The molecule has 3 fully saturated rings. The van der Waals surface area contributed by atoms with E-state index < -0.39 is 6.09 Å². The van der Waals surface area contributed by atoms with E-state index in [0.29, 0.717) is 5.92 Å². The summed E-state index contributed by atoms with van der Waals surface area (Å²) < 4.78 is 5.83. The first-order chi connectivity index (χ1) is 16.9. The molecular formula is C30H40N2O3. The molecule has 6 rings (SSSR count). The second-order valence-electron chi connectivity index (χ2n) is 11.4. The number of carbonyl (C=O) groups is 1. The van der Waals surface area contributed by atoms with Gasteiger partial charge in [0.15, 0.2) is 0 Å². The van der Waals surface area contributed by atoms with E-state index in [4.69, 9.17) is 4.74 Å². The fourth-order valence-corrected chi connectivity index (χ4v) is 6.58. The van der Waals surface area contributed by atoms with E-state index in [1.54, 1.807) is 0 Å². The van der Waals surface area contributed by atoms with Crippen molar-refractivity contribution in [2.24, 2.45) is 11.3 Å². The van der Waals surface area contributed by atoms with Gasteiger partial charge in [-0.15, -0.1) is 0 Å². The van der Waals surface area contributed by atoms with Crippen LogP contribution in [-0.2, 0) is 6.42 Å². The summed E-state index contributed by atoms with van der Waals surface area (Å²) in [6.45, 7) is 10.5. The minimum absolute atomic E-state index is 0.0881. The van der Waals surface area contributed by atoms with E-state index in [1.807, 2.05) is 4.90 Å². The number of fused-ring (bicyclic) bond motifs is 4. The number of hydrogen-bond donors (Lipinski definition) is 1. The molecule has 3 heterocycles. The monoisotopic (exact) mass is 476 g/mol. The number of carboxylic acid groups (broad SMARTS) is 1. The van der Waals surface area contributed by atoms with E-state index in [0.717, 1.165) is 70.5 Å². The molecule has 35 heavy (non-hydrogen) atoms. The van der Waals surface area contributed by atoms with Crippen LogP contribution in [0.15, 0.2) is 42.5 Å². The van der Waals surface area contributed by atoms with Crippen molar-refractivity contribution in [2.75, 3.05) is 26.2 Å². The zero-order chi connectivity index (χ0) is 24.6. The van der Waals surface area contributed by atoms with Gasteiger partial charge in [-0.25, -0.2) is 4.79 Å². The molecule has 3 aliphatic heterocycles. The molecule has 4 aliphatic rings. The number of piperidine rings is 3. The van der Waals surface area contributed by atoms with Gasteiger partial charge in [0, 0.05) is 6.54 Å². The lowest BCUT2D eigenvalue weighted by Gasteiger charge is -2.54. The number of rotatable bonds is 7. The summed E-state index contributed by atoms with van der Waals surface area (Å²) in [6.07, 6.45) is 5.64. The van der Waals surface area contributed by atoms with Crippen LogP contribution in [-0.4, -0.2) is 53.3 Å². The molecule has 0 unspecified atom stereocenters. The molecular weight excluding hydrogens is 436 g/mol. The van der Waals surface area contributed by atoms with Crippen molar-refractivity contribution in [3.05, 3.63) is 53.6 Å². The third-order valence-electron chi connectivity index (χ3n) is 8.65. The van der Waals surface area contributed by atoms with Gasteiger partial charge in [-0.05, 0) is 90.9 Å². The average molecular weight is 477 g/mol. The molecule has 0 radical (unpaired) electrons. The Kier molecular flexibility index (Phi) is 6.80. The number of amides is 1. The summed E-state index contributed by atoms with van der Waals surface area (Å²) in [7, 11) is 0. The lowest BCUT2D eigenvalue weighted by molar-refractivity contribution is -0.0352. The van der Waals surface area contributed by atoms with Crippen molar-refractivity contribution in [2.45, 2.75) is 71.4 Å². The Labute approximate surface area is 210 Å². The van der Waals surface area contributed by atoms with Crippen molar-refractivity contribution in [3.8, 4) is 16.9 Å². The highest BCUT2D eigenvalue weighted by Gasteiger charge is 2.48.